The van der Waals surface area contributed by atoms with E-state index in [1.807, 2.05) is 63.6 Å². The molecule has 0 spiro atoms. The van der Waals surface area contributed by atoms with E-state index in [1.165, 1.54) is 0 Å². The number of aromatic amines is 1. The highest BCUT2D eigenvalue weighted by Gasteiger charge is 2.30. The molecule has 0 bridgehead atoms. The van der Waals surface area contributed by atoms with Gasteiger partial charge in [0.1, 0.15) is 22.9 Å². The molecule has 166 valence electrons. The maximum Gasteiger partial charge on any atom is 0.242 e. The molecule has 8 nitrogen and oxygen atoms in total. The Morgan fingerprint density at radius 1 is 1.15 bits per heavy atom. The van der Waals surface area contributed by atoms with Crippen LogP contribution in [0.5, 0.6) is 0 Å². The van der Waals surface area contributed by atoms with Gasteiger partial charge in [0.25, 0.3) is 0 Å². The van der Waals surface area contributed by atoms with Crippen molar-refractivity contribution >= 4 is 44.3 Å². The number of H-pyrrole nitrogens is 1. The van der Waals surface area contributed by atoms with Gasteiger partial charge in [-0.15, -0.1) is 11.3 Å². The molecule has 5 aromatic rings. The van der Waals surface area contributed by atoms with Gasteiger partial charge in [0, 0.05) is 43.5 Å². The third kappa shape index (κ3) is 3.54. The smallest absolute Gasteiger partial charge is 0.242 e. The lowest BCUT2D eigenvalue weighted by atomic mass is 10.2. The lowest BCUT2D eigenvalue weighted by molar-refractivity contribution is -0.134. The summed E-state index contributed by atoms with van der Waals surface area (Å²) in [6.45, 7) is 4.60. The van der Waals surface area contributed by atoms with Crippen LogP contribution in [0.1, 0.15) is 6.92 Å². The molecule has 0 saturated carbocycles. The Bertz CT molecular complexity index is 1420. The molecule has 0 aliphatic carbocycles. The summed E-state index contributed by atoms with van der Waals surface area (Å²) in [6.07, 6.45) is 3.70. The summed E-state index contributed by atoms with van der Waals surface area (Å²) in [7, 11) is 0. The van der Waals surface area contributed by atoms with Crippen molar-refractivity contribution in [3.05, 3.63) is 60.4 Å². The predicted octanol–water partition coefficient (Wildman–Crippen LogP) is 3.77. The van der Waals surface area contributed by atoms with E-state index in [1.54, 1.807) is 17.5 Å². The van der Waals surface area contributed by atoms with Crippen LogP contribution in [-0.4, -0.2) is 61.0 Å². The molecule has 1 amide bonds. The van der Waals surface area contributed by atoms with Crippen molar-refractivity contribution in [3.63, 3.8) is 0 Å². The summed E-state index contributed by atoms with van der Waals surface area (Å²) in [6, 6.07) is 14.0. The zero-order valence-electron chi connectivity index (χ0n) is 18.2. The maximum atomic E-state index is 13.1. The van der Waals surface area contributed by atoms with Crippen LogP contribution in [0.2, 0.25) is 0 Å². The van der Waals surface area contributed by atoms with Crippen LogP contribution in [-0.2, 0) is 11.3 Å². The number of nitrogens with one attached hydrogen (secondary N) is 1. The lowest BCUT2D eigenvalue weighted by Crippen LogP contribution is -2.54. The number of aromatic nitrogens is 5. The van der Waals surface area contributed by atoms with E-state index in [0.717, 1.165) is 51.7 Å². The van der Waals surface area contributed by atoms with E-state index in [0.29, 0.717) is 13.1 Å². The molecule has 0 radical (unpaired) electrons. The van der Waals surface area contributed by atoms with Crippen LogP contribution in [0.4, 0.5) is 5.00 Å². The molecular weight excluding hydrogens is 434 g/mol. The molecule has 1 aliphatic rings. The van der Waals surface area contributed by atoms with E-state index >= 15 is 0 Å². The lowest BCUT2D eigenvalue weighted by Gasteiger charge is -2.40. The minimum atomic E-state index is 0.0895. The normalized spacial score (nSPS) is 16.7. The Kier molecular flexibility index (Phi) is 4.83. The topological polar surface area (TPSA) is 82.9 Å². The molecule has 1 N–H and O–H groups in total. The second-order valence-electron chi connectivity index (χ2n) is 8.35. The number of pyridine rings is 1. The molecule has 0 unspecified atom stereocenters. The number of fused-ring (bicyclic) bond motifs is 2. The van der Waals surface area contributed by atoms with Crippen LogP contribution in [0.25, 0.3) is 33.6 Å². The molecule has 33 heavy (non-hydrogen) atoms. The van der Waals surface area contributed by atoms with Crippen LogP contribution < -0.4 is 4.90 Å². The molecule has 1 saturated heterocycles. The highest BCUT2D eigenvalue weighted by atomic mass is 32.1. The van der Waals surface area contributed by atoms with Gasteiger partial charge in [-0.05, 0) is 37.3 Å². The minimum absolute atomic E-state index is 0.0895. The van der Waals surface area contributed by atoms with Crippen LogP contribution >= 0.6 is 11.3 Å². The summed E-state index contributed by atoms with van der Waals surface area (Å²) in [5.41, 5.74) is 5.51. The fourth-order valence-corrected chi connectivity index (χ4v) is 5.42. The summed E-state index contributed by atoms with van der Waals surface area (Å²) < 4.78 is 1.93. The van der Waals surface area contributed by atoms with Gasteiger partial charge in [0.15, 0.2) is 5.82 Å². The zero-order valence-corrected chi connectivity index (χ0v) is 19.0. The van der Waals surface area contributed by atoms with E-state index in [2.05, 4.69) is 26.8 Å². The first-order valence-electron chi connectivity index (χ1n) is 11.0. The average molecular weight is 458 g/mol. The number of piperazine rings is 1. The van der Waals surface area contributed by atoms with Gasteiger partial charge in [0.05, 0.1) is 16.5 Å². The Labute approximate surface area is 194 Å². The molecular formula is C24H23N7OS. The highest BCUT2D eigenvalue weighted by Crippen LogP contribution is 2.34. The number of nitrogens with zero attached hydrogens (tertiary/aromatic N) is 6. The fourth-order valence-electron chi connectivity index (χ4n) is 4.59. The Morgan fingerprint density at radius 3 is 2.94 bits per heavy atom. The van der Waals surface area contributed by atoms with Crippen LogP contribution in [0.15, 0.2) is 60.4 Å². The second-order valence-corrected chi connectivity index (χ2v) is 9.18. The monoisotopic (exact) mass is 457 g/mol. The summed E-state index contributed by atoms with van der Waals surface area (Å²) in [5.74, 6) is 0.901. The number of para-hydroxylation sites is 2. The van der Waals surface area contributed by atoms with Gasteiger partial charge >= 0.3 is 0 Å². The van der Waals surface area contributed by atoms with Gasteiger partial charge in [0.2, 0.25) is 5.91 Å². The number of hydrogen-bond donors (Lipinski definition) is 1. The summed E-state index contributed by atoms with van der Waals surface area (Å²) >= 11 is 1.62. The van der Waals surface area contributed by atoms with Gasteiger partial charge in [-0.1, -0.05) is 12.1 Å². The minimum Gasteiger partial charge on any atom is -0.358 e. The number of hydrogen-bond acceptors (Lipinski definition) is 6. The van der Waals surface area contributed by atoms with E-state index < -0.39 is 0 Å². The van der Waals surface area contributed by atoms with Crippen LogP contribution in [0, 0.1) is 0 Å². The Morgan fingerprint density at radius 2 is 2.06 bits per heavy atom. The molecule has 9 heteroatoms. The van der Waals surface area contributed by atoms with Crippen molar-refractivity contribution < 1.29 is 4.79 Å². The second kappa shape index (κ2) is 8.00. The molecule has 1 aliphatic heterocycles. The molecule has 4 aromatic heterocycles. The number of anilines is 1. The first kappa shape index (κ1) is 19.9. The number of imidazole rings is 1. The molecule has 6 rings (SSSR count). The zero-order chi connectivity index (χ0) is 22.4. The molecule has 5 heterocycles. The number of amides is 1. The van der Waals surface area contributed by atoms with Gasteiger partial charge in [-0.2, -0.15) is 0 Å². The first-order chi connectivity index (χ1) is 16.2. The molecule has 1 atom stereocenters. The third-order valence-corrected chi connectivity index (χ3v) is 7.11. The molecule has 1 aromatic carbocycles. The summed E-state index contributed by atoms with van der Waals surface area (Å²) in [4.78, 5) is 34.6. The van der Waals surface area contributed by atoms with Crippen molar-refractivity contribution in [2.75, 3.05) is 24.5 Å². The van der Waals surface area contributed by atoms with Crippen molar-refractivity contribution in [3.8, 4) is 11.5 Å². The van der Waals surface area contributed by atoms with Gasteiger partial charge < -0.3 is 19.4 Å². The number of rotatable bonds is 4. The third-order valence-electron chi connectivity index (χ3n) is 6.23. The van der Waals surface area contributed by atoms with Crippen molar-refractivity contribution in [1.82, 2.24) is 29.4 Å². The van der Waals surface area contributed by atoms with Crippen molar-refractivity contribution in [2.45, 2.75) is 19.5 Å². The largest absolute Gasteiger partial charge is 0.358 e. The highest BCUT2D eigenvalue weighted by molar-refractivity contribution is 7.14. The fraction of sp³-hybridized carbons (Fsp3) is 0.250. The van der Waals surface area contributed by atoms with E-state index in [9.17, 15) is 4.79 Å². The quantitative estimate of drug-likeness (QED) is 0.444. The number of benzene rings is 1. The van der Waals surface area contributed by atoms with E-state index in [-0.39, 0.29) is 11.9 Å². The number of carbonyl (C=O) groups is 1. The standard InChI is InChI=1S/C24H23N7OS/c1-16-13-30(24-21(26-15-33-24)22-27-18-6-2-3-7-19(18)28-22)11-12-31(16)20(32)14-29-10-8-17-5-4-9-25-23(17)29/h2-10,15-16H,11-14H2,1H3,(H,27,28)/t16-/m1/s1. The Hall–Kier alpha value is -3.72. The molecule has 1 fully saturated rings. The van der Waals surface area contributed by atoms with Gasteiger partial charge in [-0.3, -0.25) is 4.79 Å². The van der Waals surface area contributed by atoms with Crippen LogP contribution in [0.3, 0.4) is 0 Å². The maximum absolute atomic E-state index is 13.1. The predicted molar refractivity (Wildman–Crippen MR) is 130 cm³/mol. The SMILES string of the molecule is C[C@@H]1CN(c2scnc2-c2nc3ccccc3[nH]2)CCN1C(=O)Cn1ccc2cccnc21. The van der Waals surface area contributed by atoms with E-state index in [4.69, 9.17) is 4.98 Å². The van der Waals surface area contributed by atoms with Crippen molar-refractivity contribution in [2.24, 2.45) is 0 Å². The number of thiazole rings is 1. The Balaban J connectivity index is 1.19. The number of carbonyl (C=O) groups excluding carboxylic acids is 1. The summed E-state index contributed by atoms with van der Waals surface area (Å²) in [5, 5.41) is 2.14. The van der Waals surface area contributed by atoms with Crippen molar-refractivity contribution in [1.29, 1.82) is 0 Å². The first-order valence-corrected chi connectivity index (χ1v) is 11.9. The average Bonchev–Trinajstić information content (AvgIpc) is 3.57. The van der Waals surface area contributed by atoms with Gasteiger partial charge in [-0.25, -0.2) is 15.0 Å².